The van der Waals surface area contributed by atoms with Gasteiger partial charge in [-0.05, 0) is 24.0 Å². The number of rotatable bonds is 6. The van der Waals surface area contributed by atoms with Crippen LogP contribution in [0.4, 0.5) is 0 Å². The number of hydrogen-bond donors (Lipinski definition) is 1. The number of hydrogen-bond acceptors (Lipinski definition) is 1. The molecule has 0 atom stereocenters. The molecular formula is C14H19NO. The number of primary amides is 1. The van der Waals surface area contributed by atoms with Gasteiger partial charge in [-0.15, -0.1) is 0 Å². The third kappa shape index (κ3) is 4.78. The molecule has 0 aromatic heterocycles. The van der Waals surface area contributed by atoms with Crippen molar-refractivity contribution in [3.63, 3.8) is 0 Å². The molecular weight excluding hydrogens is 198 g/mol. The van der Waals surface area contributed by atoms with Crippen molar-refractivity contribution < 1.29 is 4.79 Å². The summed E-state index contributed by atoms with van der Waals surface area (Å²) in [5, 5.41) is 0. The number of amides is 1. The lowest BCUT2D eigenvalue weighted by atomic mass is 10.1. The SMILES string of the molecule is CCCCc1ccc(C=CCC(N)=O)cc1. The number of nitrogens with two attached hydrogens (primary N) is 1. The summed E-state index contributed by atoms with van der Waals surface area (Å²) in [6.07, 6.45) is 7.62. The molecule has 0 radical (unpaired) electrons. The van der Waals surface area contributed by atoms with Gasteiger partial charge in [-0.3, -0.25) is 4.79 Å². The monoisotopic (exact) mass is 217 g/mol. The summed E-state index contributed by atoms with van der Waals surface area (Å²) in [5.41, 5.74) is 7.53. The third-order valence-corrected chi connectivity index (χ3v) is 2.43. The fourth-order valence-corrected chi connectivity index (χ4v) is 1.49. The predicted octanol–water partition coefficient (Wildman–Crippen LogP) is 2.92. The molecule has 0 fully saturated rings. The van der Waals surface area contributed by atoms with Crippen molar-refractivity contribution >= 4 is 12.0 Å². The van der Waals surface area contributed by atoms with Crippen LogP contribution in [0, 0.1) is 0 Å². The van der Waals surface area contributed by atoms with Crippen LogP contribution in [0.1, 0.15) is 37.3 Å². The number of carbonyl (C=O) groups is 1. The quantitative estimate of drug-likeness (QED) is 0.782. The van der Waals surface area contributed by atoms with E-state index in [9.17, 15) is 4.79 Å². The van der Waals surface area contributed by atoms with E-state index < -0.39 is 0 Å². The fraction of sp³-hybridized carbons (Fsp3) is 0.357. The van der Waals surface area contributed by atoms with E-state index in [2.05, 4.69) is 31.2 Å². The van der Waals surface area contributed by atoms with Crippen LogP contribution >= 0.6 is 0 Å². The zero-order valence-electron chi connectivity index (χ0n) is 9.78. The number of aryl methyl sites for hydroxylation is 1. The Morgan fingerprint density at radius 3 is 2.56 bits per heavy atom. The van der Waals surface area contributed by atoms with Gasteiger partial charge in [0.25, 0.3) is 0 Å². The molecule has 2 heteroatoms. The van der Waals surface area contributed by atoms with E-state index in [0.717, 1.165) is 12.0 Å². The Morgan fingerprint density at radius 2 is 2.00 bits per heavy atom. The lowest BCUT2D eigenvalue weighted by molar-refractivity contribution is -0.117. The zero-order chi connectivity index (χ0) is 11.8. The molecule has 86 valence electrons. The van der Waals surface area contributed by atoms with Crippen molar-refractivity contribution in [2.24, 2.45) is 5.73 Å². The smallest absolute Gasteiger partial charge is 0.221 e. The molecule has 1 rings (SSSR count). The van der Waals surface area contributed by atoms with Gasteiger partial charge in [0.1, 0.15) is 0 Å². The zero-order valence-corrected chi connectivity index (χ0v) is 9.78. The van der Waals surface area contributed by atoms with Crippen LogP contribution in [0.3, 0.4) is 0 Å². The van der Waals surface area contributed by atoms with Crippen molar-refractivity contribution in [1.29, 1.82) is 0 Å². The Hall–Kier alpha value is -1.57. The van der Waals surface area contributed by atoms with E-state index in [4.69, 9.17) is 5.73 Å². The minimum absolute atomic E-state index is 0.296. The first-order valence-corrected chi connectivity index (χ1v) is 5.76. The highest BCUT2D eigenvalue weighted by Crippen LogP contribution is 2.09. The second-order valence-corrected chi connectivity index (χ2v) is 3.92. The highest BCUT2D eigenvalue weighted by molar-refractivity contribution is 5.76. The summed E-state index contributed by atoms with van der Waals surface area (Å²) in [7, 11) is 0. The van der Waals surface area contributed by atoms with Crippen molar-refractivity contribution in [2.75, 3.05) is 0 Å². The van der Waals surface area contributed by atoms with Crippen LogP contribution in [0.5, 0.6) is 0 Å². The molecule has 0 aliphatic carbocycles. The molecule has 1 amide bonds. The number of carbonyl (C=O) groups excluding carboxylic acids is 1. The van der Waals surface area contributed by atoms with E-state index in [1.807, 2.05) is 6.08 Å². The minimum atomic E-state index is -0.296. The van der Waals surface area contributed by atoms with Crippen LogP contribution < -0.4 is 5.73 Å². The van der Waals surface area contributed by atoms with E-state index in [0.29, 0.717) is 6.42 Å². The minimum Gasteiger partial charge on any atom is -0.369 e. The van der Waals surface area contributed by atoms with Crippen molar-refractivity contribution in [1.82, 2.24) is 0 Å². The third-order valence-electron chi connectivity index (χ3n) is 2.43. The van der Waals surface area contributed by atoms with Crippen molar-refractivity contribution in [3.8, 4) is 0 Å². The van der Waals surface area contributed by atoms with Crippen LogP contribution in [-0.4, -0.2) is 5.91 Å². The van der Waals surface area contributed by atoms with Gasteiger partial charge in [-0.25, -0.2) is 0 Å². The van der Waals surface area contributed by atoms with Crippen LogP contribution in [-0.2, 0) is 11.2 Å². The average Bonchev–Trinajstić information content (AvgIpc) is 2.27. The maximum absolute atomic E-state index is 10.5. The molecule has 2 nitrogen and oxygen atoms in total. The molecule has 0 unspecified atom stereocenters. The van der Waals surface area contributed by atoms with E-state index in [1.165, 1.54) is 18.4 Å². The first-order valence-electron chi connectivity index (χ1n) is 5.76. The van der Waals surface area contributed by atoms with Gasteiger partial charge in [-0.1, -0.05) is 49.8 Å². The summed E-state index contributed by atoms with van der Waals surface area (Å²) in [6.45, 7) is 2.20. The summed E-state index contributed by atoms with van der Waals surface area (Å²) < 4.78 is 0. The highest BCUT2D eigenvalue weighted by atomic mass is 16.1. The second kappa shape index (κ2) is 6.83. The lowest BCUT2D eigenvalue weighted by Crippen LogP contribution is -2.07. The van der Waals surface area contributed by atoms with Gasteiger partial charge in [-0.2, -0.15) is 0 Å². The maximum atomic E-state index is 10.5. The standard InChI is InChI=1S/C14H19NO/c1-2-3-5-12-8-10-13(11-9-12)6-4-7-14(15)16/h4,6,8-11H,2-3,5,7H2,1H3,(H2,15,16). The summed E-state index contributed by atoms with van der Waals surface area (Å²) in [6, 6.07) is 8.42. The Labute approximate surface area is 97.2 Å². The normalized spacial score (nSPS) is 10.8. The topological polar surface area (TPSA) is 43.1 Å². The van der Waals surface area contributed by atoms with Gasteiger partial charge in [0.15, 0.2) is 0 Å². The molecule has 1 aromatic rings. The maximum Gasteiger partial charge on any atom is 0.221 e. The molecule has 2 N–H and O–H groups in total. The fourth-order valence-electron chi connectivity index (χ4n) is 1.49. The van der Waals surface area contributed by atoms with E-state index in [1.54, 1.807) is 6.08 Å². The van der Waals surface area contributed by atoms with Crippen LogP contribution in [0.25, 0.3) is 6.08 Å². The van der Waals surface area contributed by atoms with Gasteiger partial charge in [0.2, 0.25) is 5.91 Å². The van der Waals surface area contributed by atoms with Gasteiger partial charge < -0.3 is 5.73 Å². The molecule has 16 heavy (non-hydrogen) atoms. The summed E-state index contributed by atoms with van der Waals surface area (Å²) in [4.78, 5) is 10.5. The van der Waals surface area contributed by atoms with Crippen LogP contribution in [0.2, 0.25) is 0 Å². The lowest BCUT2D eigenvalue weighted by Gasteiger charge is -2.00. The largest absolute Gasteiger partial charge is 0.369 e. The summed E-state index contributed by atoms with van der Waals surface area (Å²) in [5.74, 6) is -0.296. The first kappa shape index (κ1) is 12.5. The first-order chi connectivity index (χ1) is 7.72. The van der Waals surface area contributed by atoms with Gasteiger partial charge in [0.05, 0.1) is 0 Å². The molecule has 0 aliphatic rings. The van der Waals surface area contributed by atoms with Gasteiger partial charge in [0, 0.05) is 6.42 Å². The van der Waals surface area contributed by atoms with Gasteiger partial charge >= 0.3 is 0 Å². The molecule has 0 aliphatic heterocycles. The predicted molar refractivity (Wildman–Crippen MR) is 67.9 cm³/mol. The Morgan fingerprint density at radius 1 is 1.31 bits per heavy atom. The van der Waals surface area contributed by atoms with E-state index in [-0.39, 0.29) is 5.91 Å². The second-order valence-electron chi connectivity index (χ2n) is 3.92. The molecule has 0 saturated heterocycles. The number of unbranched alkanes of at least 4 members (excludes halogenated alkanes) is 1. The molecule has 0 bridgehead atoms. The molecule has 1 aromatic carbocycles. The highest BCUT2D eigenvalue weighted by Gasteiger charge is 1.92. The molecule has 0 spiro atoms. The van der Waals surface area contributed by atoms with E-state index >= 15 is 0 Å². The molecule has 0 saturated carbocycles. The Balaban J connectivity index is 2.50. The Kier molecular flexibility index (Phi) is 5.34. The van der Waals surface area contributed by atoms with Crippen molar-refractivity contribution in [3.05, 3.63) is 41.5 Å². The summed E-state index contributed by atoms with van der Waals surface area (Å²) >= 11 is 0. The molecule has 0 heterocycles. The van der Waals surface area contributed by atoms with Crippen LogP contribution in [0.15, 0.2) is 30.3 Å². The Bertz CT molecular complexity index is 352. The number of benzene rings is 1. The van der Waals surface area contributed by atoms with Crippen molar-refractivity contribution in [2.45, 2.75) is 32.6 Å². The average molecular weight is 217 g/mol.